The van der Waals surface area contributed by atoms with Crippen LogP contribution in [0, 0.1) is 0 Å². The van der Waals surface area contributed by atoms with Gasteiger partial charge in [0, 0.05) is 44.1 Å². The van der Waals surface area contributed by atoms with E-state index in [0.717, 1.165) is 61.3 Å². The number of carbonyl (C=O) groups excluding carboxylic acids is 2. The van der Waals surface area contributed by atoms with Gasteiger partial charge in [-0.15, -0.1) is 0 Å². The molecule has 0 aliphatic carbocycles. The van der Waals surface area contributed by atoms with Crippen LogP contribution in [-0.4, -0.2) is 145 Å². The van der Waals surface area contributed by atoms with Gasteiger partial charge in [0.05, 0.1) is 143 Å². The summed E-state index contributed by atoms with van der Waals surface area (Å²) in [7, 11) is 20.8. The lowest BCUT2D eigenvalue weighted by Gasteiger charge is -2.46. The van der Waals surface area contributed by atoms with E-state index >= 15 is 0 Å². The highest BCUT2D eigenvalue weighted by Crippen LogP contribution is 2.51. The van der Waals surface area contributed by atoms with Crippen molar-refractivity contribution in [2.24, 2.45) is 0 Å². The van der Waals surface area contributed by atoms with Crippen molar-refractivity contribution in [1.29, 1.82) is 0 Å². The average molecular weight is 975 g/mol. The first-order valence-corrected chi connectivity index (χ1v) is 23.8. The monoisotopic (exact) mass is 975 g/mol. The first-order chi connectivity index (χ1) is 33.8. The van der Waals surface area contributed by atoms with Gasteiger partial charge in [-0.05, 0) is 64.7 Å². The van der Waals surface area contributed by atoms with Crippen molar-refractivity contribution >= 4 is 11.9 Å². The number of likely N-dealkylation sites (N-methyl/N-ethyl adjacent to an activating group) is 2. The zero-order valence-electron chi connectivity index (χ0n) is 43.3. The minimum atomic E-state index is -0.435. The molecule has 4 aromatic carbocycles. The molecule has 70 heavy (non-hydrogen) atoms. The van der Waals surface area contributed by atoms with Crippen molar-refractivity contribution in [2.75, 3.05) is 125 Å². The van der Waals surface area contributed by atoms with E-state index in [0.29, 0.717) is 92.1 Å². The summed E-state index contributed by atoms with van der Waals surface area (Å²) in [6.07, 6.45) is 4.08. The molecule has 0 aromatic heterocycles. The van der Waals surface area contributed by atoms with Gasteiger partial charge in [0.1, 0.15) is 12.1 Å². The van der Waals surface area contributed by atoms with Gasteiger partial charge in [0.2, 0.25) is 11.5 Å². The van der Waals surface area contributed by atoms with Crippen molar-refractivity contribution in [3.05, 3.63) is 81.9 Å². The molecular formula is C54H74N2O14+2. The molecule has 4 aromatic rings. The third kappa shape index (κ3) is 11.7. The van der Waals surface area contributed by atoms with Gasteiger partial charge in [-0.1, -0.05) is 6.07 Å². The molecule has 4 atom stereocenters. The number of quaternary nitrogens is 2. The van der Waals surface area contributed by atoms with Gasteiger partial charge in [-0.25, -0.2) is 0 Å². The SMILES string of the molecule is COc1ccc(CC2c3c(cc(OC)c(OC)c3OC)CC[N+]2(C)CCCOC(=O)CCC(=O)OCCC[N+]2(C)CCc3cc(OC)c(OC)cc3C2Cc2cc(OC)c(OC)c(OC)c2)cc1OC. The molecule has 0 saturated heterocycles. The summed E-state index contributed by atoms with van der Waals surface area (Å²) in [5.41, 5.74) is 6.67. The van der Waals surface area contributed by atoms with Crippen LogP contribution in [0.2, 0.25) is 0 Å². The van der Waals surface area contributed by atoms with E-state index in [2.05, 4.69) is 38.4 Å². The molecule has 2 aliphatic rings. The number of hydrogen-bond acceptors (Lipinski definition) is 14. The number of fused-ring (bicyclic) bond motifs is 2. The maximum atomic E-state index is 13.0. The molecule has 0 amide bonds. The Morgan fingerprint density at radius 3 is 1.44 bits per heavy atom. The number of methoxy groups -OCH3 is 10. The molecule has 382 valence electrons. The molecule has 2 heterocycles. The summed E-state index contributed by atoms with van der Waals surface area (Å²) in [5, 5.41) is 0. The van der Waals surface area contributed by atoms with E-state index < -0.39 is 11.9 Å². The molecule has 0 radical (unpaired) electrons. The third-order valence-corrected chi connectivity index (χ3v) is 14.3. The third-order valence-electron chi connectivity index (χ3n) is 14.3. The predicted molar refractivity (Wildman–Crippen MR) is 264 cm³/mol. The van der Waals surface area contributed by atoms with Gasteiger partial charge >= 0.3 is 11.9 Å². The Bertz CT molecular complexity index is 2420. The number of carbonyl (C=O) groups is 2. The fourth-order valence-electron chi connectivity index (χ4n) is 10.4. The molecule has 4 unspecified atom stereocenters. The average Bonchev–Trinajstić information content (AvgIpc) is 3.38. The first kappa shape index (κ1) is 53.1. The Morgan fingerprint density at radius 2 is 0.914 bits per heavy atom. The predicted octanol–water partition coefficient (Wildman–Crippen LogP) is 7.69. The van der Waals surface area contributed by atoms with Crippen LogP contribution < -0.4 is 47.4 Å². The molecule has 0 fully saturated rings. The second kappa shape index (κ2) is 24.0. The number of rotatable bonds is 25. The normalized spacial score (nSPS) is 19.1. The summed E-state index contributed by atoms with van der Waals surface area (Å²) >= 11 is 0. The number of esters is 2. The minimum absolute atomic E-state index is 0.0195. The number of hydrogen-bond donors (Lipinski definition) is 0. The Balaban J connectivity index is 1.05. The summed E-state index contributed by atoms with van der Waals surface area (Å²) in [4.78, 5) is 26.0. The summed E-state index contributed by atoms with van der Waals surface area (Å²) in [6, 6.07) is 16.2. The van der Waals surface area contributed by atoms with Crippen LogP contribution in [0.25, 0.3) is 0 Å². The molecule has 2 aliphatic heterocycles. The van der Waals surface area contributed by atoms with Crippen molar-refractivity contribution < 1.29 is 75.4 Å². The summed E-state index contributed by atoms with van der Waals surface area (Å²) in [5.74, 6) is 5.34. The van der Waals surface area contributed by atoms with Crippen molar-refractivity contribution in [1.82, 2.24) is 0 Å². The molecule has 0 saturated carbocycles. The fraction of sp³-hybridized carbons (Fsp3) is 0.519. The fourth-order valence-corrected chi connectivity index (χ4v) is 10.4. The highest BCUT2D eigenvalue weighted by molar-refractivity contribution is 5.77. The number of benzene rings is 4. The van der Waals surface area contributed by atoms with Gasteiger partial charge in [-0.2, -0.15) is 0 Å². The topological polar surface area (TPSA) is 145 Å². The highest BCUT2D eigenvalue weighted by Gasteiger charge is 2.43. The van der Waals surface area contributed by atoms with Gasteiger partial charge in [0.25, 0.3) is 0 Å². The molecule has 6 rings (SSSR count). The Labute approximate surface area is 413 Å². The largest absolute Gasteiger partial charge is 0.493 e. The lowest BCUT2D eigenvalue weighted by Crippen LogP contribution is -2.52. The van der Waals surface area contributed by atoms with E-state index in [4.69, 9.17) is 56.8 Å². The summed E-state index contributed by atoms with van der Waals surface area (Å²) in [6.45, 7) is 3.61. The van der Waals surface area contributed by atoms with Crippen molar-refractivity contribution in [3.63, 3.8) is 0 Å². The molecule has 0 spiro atoms. The van der Waals surface area contributed by atoms with Crippen LogP contribution in [0.1, 0.15) is 71.1 Å². The van der Waals surface area contributed by atoms with Gasteiger partial charge < -0.3 is 65.8 Å². The maximum Gasteiger partial charge on any atom is 0.306 e. The van der Waals surface area contributed by atoms with Crippen LogP contribution in [0.15, 0.2) is 48.5 Å². The van der Waals surface area contributed by atoms with Crippen LogP contribution in [-0.2, 0) is 44.7 Å². The Hall–Kier alpha value is -6.26. The van der Waals surface area contributed by atoms with Crippen LogP contribution >= 0.6 is 0 Å². The van der Waals surface area contributed by atoms with Gasteiger partial charge in [-0.3, -0.25) is 9.59 Å². The molecular weight excluding hydrogens is 901 g/mol. The lowest BCUT2D eigenvalue weighted by atomic mass is 9.85. The molecule has 16 heteroatoms. The zero-order valence-corrected chi connectivity index (χ0v) is 43.3. The minimum Gasteiger partial charge on any atom is -0.493 e. The van der Waals surface area contributed by atoms with Crippen molar-refractivity contribution in [3.8, 4) is 57.5 Å². The second-order valence-electron chi connectivity index (χ2n) is 18.3. The smallest absolute Gasteiger partial charge is 0.306 e. The standard InChI is InChI=1S/C54H74N2O14/c1-55(23-19-37-32-44(61-5)45(62-6)34-39(37)40(55)28-36-30-46(63-7)52(66-10)47(31-36)64-8)21-13-25-69-49(57)17-18-50(58)70-26-14-22-56(2)24-20-38-33-48(65-9)53(67-11)54(68-12)51(38)41(56)27-35-15-16-42(59-3)43(29-35)60-4/h15-16,29-34,40-41H,13-14,17-28H2,1-12H3/q+2. The van der Waals surface area contributed by atoms with E-state index in [-0.39, 0.29) is 38.1 Å². The van der Waals surface area contributed by atoms with Crippen LogP contribution in [0.3, 0.4) is 0 Å². The van der Waals surface area contributed by atoms with Crippen LogP contribution in [0.4, 0.5) is 0 Å². The van der Waals surface area contributed by atoms with E-state index in [1.165, 1.54) is 11.1 Å². The van der Waals surface area contributed by atoms with E-state index in [1.807, 2.05) is 24.3 Å². The molecule has 0 bridgehead atoms. The lowest BCUT2D eigenvalue weighted by molar-refractivity contribution is -0.941. The number of ether oxygens (including phenoxy) is 12. The highest BCUT2D eigenvalue weighted by atomic mass is 16.6. The van der Waals surface area contributed by atoms with E-state index in [1.54, 1.807) is 71.1 Å². The van der Waals surface area contributed by atoms with Gasteiger partial charge in [0.15, 0.2) is 46.0 Å². The van der Waals surface area contributed by atoms with Crippen molar-refractivity contribution in [2.45, 2.75) is 63.5 Å². The summed E-state index contributed by atoms with van der Waals surface area (Å²) < 4.78 is 70.0. The second-order valence-corrected chi connectivity index (χ2v) is 18.3. The maximum absolute atomic E-state index is 13.0. The first-order valence-electron chi connectivity index (χ1n) is 23.8. The van der Waals surface area contributed by atoms with Crippen LogP contribution in [0.5, 0.6) is 57.5 Å². The molecule has 0 N–H and O–H groups in total. The quantitative estimate of drug-likeness (QED) is 0.0364. The van der Waals surface area contributed by atoms with E-state index in [9.17, 15) is 9.59 Å². The Kier molecular flexibility index (Phi) is 18.2. The number of nitrogens with zero attached hydrogens (tertiary/aromatic N) is 2. The Morgan fingerprint density at radius 1 is 0.471 bits per heavy atom. The molecule has 16 nitrogen and oxygen atoms in total. The zero-order chi connectivity index (χ0) is 50.6.